The first-order valence-electron chi connectivity index (χ1n) is 7.79. The van der Waals surface area contributed by atoms with E-state index in [1.54, 1.807) is 0 Å². The average Bonchev–Trinajstić information content (AvgIpc) is 2.45. The SMILES string of the molecule is CCCCC(=O)NC[C@H](c1ccc(N(C)C)cc1)[NH+](C)C. The first-order valence-corrected chi connectivity index (χ1v) is 7.79. The molecule has 0 aromatic heterocycles. The fraction of sp³-hybridized carbons (Fsp3) is 0.588. The summed E-state index contributed by atoms with van der Waals surface area (Å²) in [7, 11) is 8.33. The molecule has 0 saturated heterocycles. The molecule has 1 atom stereocenters. The summed E-state index contributed by atoms with van der Waals surface area (Å²) in [5.41, 5.74) is 2.45. The Labute approximate surface area is 129 Å². The van der Waals surface area contributed by atoms with Crippen LogP contribution in [0.25, 0.3) is 0 Å². The Balaban J connectivity index is 2.66. The largest absolute Gasteiger partial charge is 0.378 e. The maximum Gasteiger partial charge on any atom is 0.220 e. The standard InChI is InChI=1S/C17H29N3O/c1-6-7-8-17(21)18-13-16(20(4)5)14-9-11-15(12-10-14)19(2)3/h9-12,16H,6-8,13H2,1-5H3,(H,18,21)/p+1/t16-/m1/s1. The smallest absolute Gasteiger partial charge is 0.220 e. The van der Waals surface area contributed by atoms with E-state index in [2.05, 4.69) is 55.5 Å². The van der Waals surface area contributed by atoms with Crippen molar-refractivity contribution < 1.29 is 9.69 Å². The summed E-state index contributed by atoms with van der Waals surface area (Å²) in [6.45, 7) is 2.79. The topological polar surface area (TPSA) is 36.8 Å². The predicted octanol–water partition coefficient (Wildman–Crippen LogP) is 1.24. The van der Waals surface area contributed by atoms with Crippen LogP contribution in [0.2, 0.25) is 0 Å². The number of hydrogen-bond donors (Lipinski definition) is 2. The van der Waals surface area contributed by atoms with Gasteiger partial charge in [-0.25, -0.2) is 0 Å². The van der Waals surface area contributed by atoms with Crippen molar-refractivity contribution in [3.05, 3.63) is 29.8 Å². The van der Waals surface area contributed by atoms with E-state index in [1.807, 2.05) is 14.1 Å². The van der Waals surface area contributed by atoms with Crippen molar-refractivity contribution in [1.82, 2.24) is 5.32 Å². The van der Waals surface area contributed by atoms with E-state index in [9.17, 15) is 4.79 Å². The maximum absolute atomic E-state index is 11.8. The summed E-state index contributed by atoms with van der Waals surface area (Å²) >= 11 is 0. The summed E-state index contributed by atoms with van der Waals surface area (Å²) in [6.07, 6.45) is 2.65. The van der Waals surface area contributed by atoms with E-state index in [-0.39, 0.29) is 11.9 Å². The van der Waals surface area contributed by atoms with Gasteiger partial charge in [-0.15, -0.1) is 0 Å². The summed E-state index contributed by atoms with van der Waals surface area (Å²) in [6, 6.07) is 8.86. The number of anilines is 1. The van der Waals surface area contributed by atoms with Crippen LogP contribution in [0.4, 0.5) is 5.69 Å². The number of rotatable bonds is 8. The van der Waals surface area contributed by atoms with Gasteiger partial charge in [-0.3, -0.25) is 4.79 Å². The van der Waals surface area contributed by atoms with Crippen molar-refractivity contribution in [3.63, 3.8) is 0 Å². The van der Waals surface area contributed by atoms with Gasteiger partial charge in [0.1, 0.15) is 6.04 Å². The minimum Gasteiger partial charge on any atom is -0.378 e. The number of carbonyl (C=O) groups excluding carboxylic acids is 1. The van der Waals surface area contributed by atoms with Crippen LogP contribution in [0.3, 0.4) is 0 Å². The normalized spacial score (nSPS) is 12.3. The molecule has 0 fully saturated rings. The van der Waals surface area contributed by atoms with Crippen LogP contribution < -0.4 is 15.1 Å². The lowest BCUT2D eigenvalue weighted by Crippen LogP contribution is -3.07. The van der Waals surface area contributed by atoms with Gasteiger partial charge in [0.2, 0.25) is 5.91 Å². The molecule has 0 spiro atoms. The molecule has 4 heteroatoms. The Hall–Kier alpha value is -1.55. The van der Waals surface area contributed by atoms with E-state index in [0.29, 0.717) is 13.0 Å². The number of nitrogens with one attached hydrogen (secondary N) is 2. The molecule has 0 aliphatic rings. The molecule has 2 N–H and O–H groups in total. The number of likely N-dealkylation sites (N-methyl/N-ethyl adjacent to an activating group) is 1. The zero-order chi connectivity index (χ0) is 15.8. The Morgan fingerprint density at radius 2 is 1.86 bits per heavy atom. The minimum atomic E-state index is 0.160. The highest BCUT2D eigenvalue weighted by Gasteiger charge is 2.18. The molecular weight excluding hydrogens is 262 g/mol. The van der Waals surface area contributed by atoms with Crippen molar-refractivity contribution in [2.45, 2.75) is 32.2 Å². The predicted molar refractivity (Wildman–Crippen MR) is 88.9 cm³/mol. The van der Waals surface area contributed by atoms with Crippen LogP contribution in [0.1, 0.15) is 37.8 Å². The lowest BCUT2D eigenvalue weighted by molar-refractivity contribution is -0.890. The molecule has 0 aliphatic carbocycles. The Morgan fingerprint density at radius 3 is 2.33 bits per heavy atom. The van der Waals surface area contributed by atoms with Crippen molar-refractivity contribution in [3.8, 4) is 0 Å². The second kappa shape index (κ2) is 8.67. The molecule has 0 bridgehead atoms. The number of amides is 1. The van der Waals surface area contributed by atoms with Gasteiger partial charge in [-0.1, -0.05) is 25.5 Å². The van der Waals surface area contributed by atoms with Gasteiger partial charge in [0.25, 0.3) is 0 Å². The molecule has 0 heterocycles. The second-order valence-corrected chi connectivity index (χ2v) is 6.02. The summed E-state index contributed by atoms with van der Waals surface area (Å²) in [4.78, 5) is 15.2. The fourth-order valence-corrected chi connectivity index (χ4v) is 2.30. The van der Waals surface area contributed by atoms with Crippen LogP contribution in [0.15, 0.2) is 24.3 Å². The number of quaternary nitrogens is 1. The van der Waals surface area contributed by atoms with Crippen LogP contribution in [-0.4, -0.2) is 40.6 Å². The molecule has 0 unspecified atom stereocenters. The van der Waals surface area contributed by atoms with Gasteiger partial charge >= 0.3 is 0 Å². The number of unbranched alkanes of at least 4 members (excludes halogenated alkanes) is 1. The number of benzene rings is 1. The number of hydrogen-bond acceptors (Lipinski definition) is 2. The van der Waals surface area contributed by atoms with Crippen LogP contribution in [0.5, 0.6) is 0 Å². The highest BCUT2D eigenvalue weighted by Crippen LogP contribution is 2.16. The molecule has 0 saturated carbocycles. The van der Waals surface area contributed by atoms with Crippen molar-refractivity contribution >= 4 is 11.6 Å². The van der Waals surface area contributed by atoms with E-state index >= 15 is 0 Å². The Kier molecular flexibility index (Phi) is 7.23. The van der Waals surface area contributed by atoms with Gasteiger partial charge < -0.3 is 15.1 Å². The zero-order valence-electron chi connectivity index (χ0n) is 14.1. The Morgan fingerprint density at radius 1 is 1.24 bits per heavy atom. The molecule has 1 rings (SSSR count). The van der Waals surface area contributed by atoms with E-state index in [1.165, 1.54) is 16.2 Å². The molecule has 1 amide bonds. The molecule has 1 aromatic rings. The minimum absolute atomic E-state index is 0.160. The summed E-state index contributed by atoms with van der Waals surface area (Å²) in [5.74, 6) is 0.160. The molecule has 118 valence electrons. The molecule has 0 radical (unpaired) electrons. The van der Waals surface area contributed by atoms with Gasteiger partial charge in [-0.05, 0) is 18.6 Å². The first-order chi connectivity index (χ1) is 9.95. The number of carbonyl (C=O) groups is 1. The van der Waals surface area contributed by atoms with E-state index in [4.69, 9.17) is 0 Å². The van der Waals surface area contributed by atoms with Gasteiger partial charge in [0.05, 0.1) is 20.6 Å². The quantitative estimate of drug-likeness (QED) is 0.756. The van der Waals surface area contributed by atoms with Gasteiger partial charge in [0, 0.05) is 31.8 Å². The van der Waals surface area contributed by atoms with Crippen molar-refractivity contribution in [2.75, 3.05) is 39.6 Å². The van der Waals surface area contributed by atoms with Crippen molar-refractivity contribution in [2.24, 2.45) is 0 Å². The van der Waals surface area contributed by atoms with E-state index in [0.717, 1.165) is 12.8 Å². The van der Waals surface area contributed by atoms with Gasteiger partial charge in [-0.2, -0.15) is 0 Å². The van der Waals surface area contributed by atoms with Crippen molar-refractivity contribution in [1.29, 1.82) is 0 Å². The Bertz CT molecular complexity index is 426. The zero-order valence-corrected chi connectivity index (χ0v) is 14.1. The molecule has 21 heavy (non-hydrogen) atoms. The first kappa shape index (κ1) is 17.5. The van der Waals surface area contributed by atoms with Gasteiger partial charge in [0.15, 0.2) is 0 Å². The maximum atomic E-state index is 11.8. The third-order valence-corrected chi connectivity index (χ3v) is 3.77. The molecule has 0 aliphatic heterocycles. The summed E-state index contributed by atoms with van der Waals surface area (Å²) in [5, 5.41) is 3.06. The molecule has 1 aromatic carbocycles. The third-order valence-electron chi connectivity index (χ3n) is 3.77. The lowest BCUT2D eigenvalue weighted by Gasteiger charge is -2.23. The molecule has 4 nitrogen and oxygen atoms in total. The van der Waals surface area contributed by atoms with Crippen LogP contribution in [0, 0.1) is 0 Å². The number of nitrogens with zero attached hydrogens (tertiary/aromatic N) is 1. The van der Waals surface area contributed by atoms with Crippen LogP contribution in [-0.2, 0) is 4.79 Å². The molecular formula is C17H30N3O+. The highest BCUT2D eigenvalue weighted by atomic mass is 16.1. The van der Waals surface area contributed by atoms with E-state index < -0.39 is 0 Å². The van der Waals surface area contributed by atoms with Crippen LogP contribution >= 0.6 is 0 Å². The highest BCUT2D eigenvalue weighted by molar-refractivity contribution is 5.75. The second-order valence-electron chi connectivity index (χ2n) is 6.02. The lowest BCUT2D eigenvalue weighted by atomic mass is 10.1. The fourth-order valence-electron chi connectivity index (χ4n) is 2.30. The summed E-state index contributed by atoms with van der Waals surface area (Å²) < 4.78 is 0. The third kappa shape index (κ3) is 5.76. The monoisotopic (exact) mass is 292 g/mol. The average molecular weight is 292 g/mol.